The highest BCUT2D eigenvalue weighted by molar-refractivity contribution is 5.96. The number of amides is 1. The number of pyridine rings is 1. The van der Waals surface area contributed by atoms with Crippen molar-refractivity contribution in [2.75, 3.05) is 5.32 Å². The third kappa shape index (κ3) is 2.99. The number of rotatable bonds is 3. The van der Waals surface area contributed by atoms with Gasteiger partial charge in [0.25, 0.3) is 0 Å². The van der Waals surface area contributed by atoms with E-state index >= 15 is 0 Å². The maximum absolute atomic E-state index is 12.8. The van der Waals surface area contributed by atoms with Crippen LogP contribution in [-0.2, 0) is 15.1 Å². The lowest BCUT2D eigenvalue weighted by atomic mass is 9.75. The van der Waals surface area contributed by atoms with Gasteiger partial charge in [0.2, 0.25) is 5.91 Å². The Morgan fingerprint density at radius 1 is 1.10 bits per heavy atom. The van der Waals surface area contributed by atoms with Crippen LogP contribution in [-0.4, -0.2) is 22.0 Å². The zero-order valence-electron chi connectivity index (χ0n) is 15.6. The van der Waals surface area contributed by atoms with E-state index in [9.17, 15) is 9.59 Å². The molecule has 2 aromatic heterocycles. The fraction of sp³-hybridized carbons (Fsp3) is 0.273. The number of nitrogens with zero attached hydrogens (tertiary/aromatic N) is 2. The van der Waals surface area contributed by atoms with Crippen molar-refractivity contribution >= 4 is 17.7 Å². The third-order valence-electron chi connectivity index (χ3n) is 5.88. The molecule has 29 heavy (non-hydrogen) atoms. The van der Waals surface area contributed by atoms with Crippen molar-refractivity contribution < 1.29 is 18.8 Å². The van der Waals surface area contributed by atoms with Crippen LogP contribution < -0.4 is 5.32 Å². The molecule has 1 spiro atoms. The van der Waals surface area contributed by atoms with Crippen LogP contribution in [0.2, 0.25) is 0 Å². The van der Waals surface area contributed by atoms with E-state index in [0.29, 0.717) is 37.1 Å². The number of esters is 1. The van der Waals surface area contributed by atoms with Crippen LogP contribution in [0, 0.1) is 5.92 Å². The molecule has 1 aliphatic heterocycles. The number of hydrogen-bond donors (Lipinski definition) is 1. The maximum atomic E-state index is 12.8. The monoisotopic (exact) mass is 389 g/mol. The Morgan fingerprint density at radius 3 is 2.69 bits per heavy atom. The normalized spacial score (nSPS) is 22.9. The van der Waals surface area contributed by atoms with Gasteiger partial charge in [-0.2, -0.15) is 0 Å². The van der Waals surface area contributed by atoms with Gasteiger partial charge in [-0.05, 0) is 37.3 Å². The van der Waals surface area contributed by atoms with Crippen LogP contribution in [0.15, 0.2) is 59.6 Å². The lowest BCUT2D eigenvalue weighted by molar-refractivity contribution is -0.122. The number of benzene rings is 1. The fourth-order valence-corrected chi connectivity index (χ4v) is 4.31. The Morgan fingerprint density at radius 2 is 1.90 bits per heavy atom. The summed E-state index contributed by atoms with van der Waals surface area (Å²) >= 11 is 0. The summed E-state index contributed by atoms with van der Waals surface area (Å²) < 4.78 is 10.8. The van der Waals surface area contributed by atoms with Gasteiger partial charge in [-0.3, -0.25) is 9.78 Å². The molecule has 2 aliphatic rings. The first-order valence-corrected chi connectivity index (χ1v) is 9.65. The number of hydrogen-bond acceptors (Lipinski definition) is 6. The number of aromatic nitrogens is 2. The summed E-state index contributed by atoms with van der Waals surface area (Å²) in [5, 5.41) is 6.86. The Bertz CT molecular complexity index is 1070. The predicted molar refractivity (Wildman–Crippen MR) is 104 cm³/mol. The minimum Gasteiger partial charge on any atom is -0.450 e. The number of ether oxygens (including phenoxy) is 1. The van der Waals surface area contributed by atoms with Gasteiger partial charge in [-0.15, -0.1) is 0 Å². The predicted octanol–water partition coefficient (Wildman–Crippen LogP) is 3.93. The summed E-state index contributed by atoms with van der Waals surface area (Å²) in [6.45, 7) is 0. The summed E-state index contributed by atoms with van der Waals surface area (Å²) in [7, 11) is 0. The van der Waals surface area contributed by atoms with Gasteiger partial charge in [-0.25, -0.2) is 4.79 Å². The molecule has 0 bridgehead atoms. The van der Waals surface area contributed by atoms with E-state index in [2.05, 4.69) is 15.5 Å². The van der Waals surface area contributed by atoms with Gasteiger partial charge < -0.3 is 14.6 Å². The number of nitrogens with one attached hydrogen (secondary N) is 1. The van der Waals surface area contributed by atoms with Gasteiger partial charge in [-0.1, -0.05) is 35.5 Å². The van der Waals surface area contributed by atoms with Gasteiger partial charge in [0, 0.05) is 23.9 Å². The lowest BCUT2D eigenvalue weighted by Crippen LogP contribution is -2.36. The van der Waals surface area contributed by atoms with Crippen molar-refractivity contribution in [2.24, 2.45) is 5.92 Å². The van der Waals surface area contributed by atoms with E-state index in [-0.39, 0.29) is 17.8 Å². The Balaban J connectivity index is 1.29. The average Bonchev–Trinajstić information content (AvgIpc) is 3.32. The van der Waals surface area contributed by atoms with Gasteiger partial charge >= 0.3 is 5.97 Å². The molecule has 0 atom stereocenters. The van der Waals surface area contributed by atoms with Gasteiger partial charge in [0.05, 0.1) is 11.1 Å². The molecule has 146 valence electrons. The Labute approximate surface area is 167 Å². The summed E-state index contributed by atoms with van der Waals surface area (Å²) in [5.41, 5.74) is 2.44. The van der Waals surface area contributed by atoms with Crippen LogP contribution in [0.25, 0.3) is 11.1 Å². The number of fused-ring (bicyclic) bond motifs is 2. The Kier molecular flexibility index (Phi) is 4.16. The molecule has 0 radical (unpaired) electrons. The zero-order valence-corrected chi connectivity index (χ0v) is 15.6. The molecule has 1 N–H and O–H groups in total. The molecule has 1 saturated carbocycles. The summed E-state index contributed by atoms with van der Waals surface area (Å²) in [6, 6.07) is 11.3. The molecule has 3 heterocycles. The second-order valence-electron chi connectivity index (χ2n) is 7.51. The average molecular weight is 389 g/mol. The van der Waals surface area contributed by atoms with E-state index < -0.39 is 5.60 Å². The first-order valence-electron chi connectivity index (χ1n) is 9.65. The van der Waals surface area contributed by atoms with Gasteiger partial charge in [0.15, 0.2) is 5.82 Å². The molecule has 5 rings (SSSR count). The highest BCUT2D eigenvalue weighted by Gasteiger charge is 2.48. The molecule has 0 saturated heterocycles. The molecule has 7 nitrogen and oxygen atoms in total. The number of carbonyl (C=O) groups excluding carboxylic acids is 2. The fourth-order valence-electron chi connectivity index (χ4n) is 4.31. The molecule has 0 unspecified atom stereocenters. The summed E-state index contributed by atoms with van der Waals surface area (Å²) in [4.78, 5) is 29.2. The third-order valence-corrected chi connectivity index (χ3v) is 5.88. The van der Waals surface area contributed by atoms with Crippen LogP contribution >= 0.6 is 0 Å². The zero-order chi connectivity index (χ0) is 19.8. The van der Waals surface area contributed by atoms with Crippen LogP contribution in [0.5, 0.6) is 0 Å². The van der Waals surface area contributed by atoms with Crippen molar-refractivity contribution in [1.29, 1.82) is 0 Å². The first kappa shape index (κ1) is 17.6. The van der Waals surface area contributed by atoms with Crippen molar-refractivity contribution in [2.45, 2.75) is 31.3 Å². The molecular formula is C22H19N3O4. The Hall–Kier alpha value is -3.48. The van der Waals surface area contributed by atoms with Crippen LogP contribution in [0.4, 0.5) is 5.82 Å². The van der Waals surface area contributed by atoms with Gasteiger partial charge in [0.1, 0.15) is 11.9 Å². The summed E-state index contributed by atoms with van der Waals surface area (Å²) in [6.07, 6.45) is 7.27. The minimum atomic E-state index is -0.652. The maximum Gasteiger partial charge on any atom is 0.339 e. The van der Waals surface area contributed by atoms with Crippen molar-refractivity contribution in [3.8, 4) is 11.1 Å². The quantitative estimate of drug-likeness (QED) is 0.682. The second-order valence-corrected chi connectivity index (χ2v) is 7.51. The number of carbonyl (C=O) groups is 2. The van der Waals surface area contributed by atoms with Crippen LogP contribution in [0.1, 0.15) is 41.6 Å². The topological polar surface area (TPSA) is 94.3 Å². The van der Waals surface area contributed by atoms with E-state index in [1.165, 1.54) is 6.26 Å². The van der Waals surface area contributed by atoms with E-state index in [1.807, 2.05) is 30.3 Å². The van der Waals surface area contributed by atoms with Crippen LogP contribution in [0.3, 0.4) is 0 Å². The van der Waals surface area contributed by atoms with E-state index in [4.69, 9.17) is 9.26 Å². The van der Waals surface area contributed by atoms with E-state index in [1.54, 1.807) is 18.5 Å². The minimum absolute atomic E-state index is 0.0957. The molecule has 1 amide bonds. The smallest absolute Gasteiger partial charge is 0.339 e. The largest absolute Gasteiger partial charge is 0.450 e. The van der Waals surface area contributed by atoms with Crippen molar-refractivity contribution in [3.63, 3.8) is 0 Å². The molecular weight excluding hydrogens is 370 g/mol. The van der Waals surface area contributed by atoms with Crippen molar-refractivity contribution in [1.82, 2.24) is 10.1 Å². The first-order chi connectivity index (χ1) is 14.2. The molecule has 3 aromatic rings. The standard InChI is InChI=1S/C22H19N3O4/c26-20(24-19-17(13-28-25-19)14-4-2-1-3-5-14)15-6-9-22(10-7-15)18-12-23-11-8-16(18)21(27)29-22/h1-5,8,11-13,15H,6-7,9-10H2,(H,24,25,26)/t15-,22+. The SMILES string of the molecule is O=C1O[C@]2(CC[C@@H](C(=O)Nc3nocc3-c3ccccc3)CC2)c2cnccc21. The highest BCUT2D eigenvalue weighted by Crippen LogP contribution is 2.48. The molecule has 1 aromatic carbocycles. The van der Waals surface area contributed by atoms with Crippen molar-refractivity contribution in [3.05, 3.63) is 66.2 Å². The summed E-state index contributed by atoms with van der Waals surface area (Å²) in [5.74, 6) is -0.161. The molecule has 1 fully saturated rings. The molecule has 7 heteroatoms. The highest BCUT2D eigenvalue weighted by atomic mass is 16.6. The second kappa shape index (κ2) is 6.84. The lowest BCUT2D eigenvalue weighted by Gasteiger charge is -2.35. The number of anilines is 1. The van der Waals surface area contributed by atoms with E-state index in [0.717, 1.165) is 16.7 Å². The molecule has 1 aliphatic carbocycles.